The van der Waals surface area contributed by atoms with Gasteiger partial charge in [-0.25, -0.2) is 0 Å². The van der Waals surface area contributed by atoms with Crippen molar-refractivity contribution >= 4 is 34.7 Å². The van der Waals surface area contributed by atoms with E-state index in [2.05, 4.69) is 6.92 Å². The Morgan fingerprint density at radius 2 is 1.75 bits per heavy atom. The molecular weight excluding hydrogens is 512 g/mol. The van der Waals surface area contributed by atoms with Gasteiger partial charge < -0.3 is 20.8 Å². The smallest absolute Gasteiger partial charge is 0.235 e. The van der Waals surface area contributed by atoms with Crippen LogP contribution in [0.4, 0.5) is 5.69 Å². The van der Waals surface area contributed by atoms with E-state index in [-0.39, 0.29) is 30.6 Å². The van der Waals surface area contributed by atoms with Gasteiger partial charge in [0, 0.05) is 37.7 Å². The predicted molar refractivity (Wildman–Crippen MR) is 147 cm³/mol. The lowest BCUT2D eigenvalue weighted by molar-refractivity contribution is -0.175. The summed E-state index contributed by atoms with van der Waals surface area (Å²) in [4.78, 5) is 67.2. The molecule has 0 spiro atoms. The first-order valence-corrected chi connectivity index (χ1v) is 13.7. The van der Waals surface area contributed by atoms with E-state index in [9.17, 15) is 34.2 Å². The molecule has 9 nitrogen and oxygen atoms in total. The first-order chi connectivity index (χ1) is 18.9. The quantitative estimate of drug-likeness (QED) is 0.467. The summed E-state index contributed by atoms with van der Waals surface area (Å²) in [6.45, 7) is 2.12. The van der Waals surface area contributed by atoms with Gasteiger partial charge in [-0.3, -0.25) is 24.0 Å². The average molecular weight is 547 g/mol. The van der Waals surface area contributed by atoms with Crippen molar-refractivity contribution < 1.29 is 34.2 Å². The molecule has 5 atom stereocenters. The van der Waals surface area contributed by atoms with Crippen molar-refractivity contribution in [3.63, 3.8) is 0 Å². The Balaban J connectivity index is 1.60. The summed E-state index contributed by atoms with van der Waals surface area (Å²) in [6, 6.07) is 9.59. The molecule has 5 rings (SSSR count). The number of aliphatic hydroxyl groups is 1. The molecule has 2 fully saturated rings. The highest BCUT2D eigenvalue weighted by Gasteiger charge is 2.66. The molecule has 0 radical (unpaired) electrons. The third-order valence-electron chi connectivity index (χ3n) is 8.94. The minimum absolute atomic E-state index is 0.00121. The van der Waals surface area contributed by atoms with Crippen molar-refractivity contribution in [2.24, 2.45) is 29.4 Å². The third-order valence-corrected chi connectivity index (χ3v) is 8.94. The van der Waals surface area contributed by atoms with Crippen LogP contribution in [-0.2, 0) is 32.0 Å². The van der Waals surface area contributed by atoms with Gasteiger partial charge in [-0.1, -0.05) is 37.6 Å². The lowest BCUT2D eigenvalue weighted by atomic mass is 9.53. The molecule has 0 saturated heterocycles. The highest BCUT2D eigenvalue weighted by Crippen LogP contribution is 2.52. The summed E-state index contributed by atoms with van der Waals surface area (Å²) < 4.78 is 0. The van der Waals surface area contributed by atoms with Gasteiger partial charge in [0.25, 0.3) is 0 Å². The van der Waals surface area contributed by atoms with Crippen molar-refractivity contribution in [3.8, 4) is 16.9 Å². The predicted octanol–water partition coefficient (Wildman–Crippen LogP) is 2.40. The summed E-state index contributed by atoms with van der Waals surface area (Å²) in [5.41, 5.74) is 6.19. The summed E-state index contributed by atoms with van der Waals surface area (Å²) in [7, 11) is 3.65. The number of aromatic hydroxyl groups is 1. The van der Waals surface area contributed by atoms with E-state index < -0.39 is 58.3 Å². The molecule has 3 aliphatic carbocycles. The highest BCUT2D eigenvalue weighted by molar-refractivity contribution is 6.31. The van der Waals surface area contributed by atoms with Crippen LogP contribution in [0.5, 0.6) is 5.75 Å². The monoisotopic (exact) mass is 546 g/mol. The van der Waals surface area contributed by atoms with Crippen LogP contribution in [0.15, 0.2) is 30.3 Å². The summed E-state index contributed by atoms with van der Waals surface area (Å²) in [5.74, 6) is -10.1. The largest absolute Gasteiger partial charge is 0.507 e. The van der Waals surface area contributed by atoms with Gasteiger partial charge in [0.1, 0.15) is 5.75 Å². The van der Waals surface area contributed by atoms with Crippen LogP contribution in [0.2, 0.25) is 0 Å². The van der Waals surface area contributed by atoms with Crippen molar-refractivity contribution in [2.45, 2.75) is 51.0 Å². The Morgan fingerprint density at radius 3 is 2.35 bits per heavy atom. The molecule has 0 heterocycles. The third kappa shape index (κ3) is 4.06. The standard InChI is InChI=1S/C31H34N2O7/c1-4-5-6-15-7-9-16(10-8-15)19-14-21(33(2)3)20-12-17-11-18-13-22(34)25(30(32)39)29(38)31(18,40)28(37)23(17)27(36)24(20)26(19)35/h7-10,14,17-18,23,25,35,40H,4-6,11-13H2,1-3H3,(H2,32,39)/t17-,18+,23?,25?,31+/m1/s1. The number of amides is 1. The number of phenols is 1. The number of anilines is 1. The summed E-state index contributed by atoms with van der Waals surface area (Å²) in [6.07, 6.45) is 3.01. The second-order valence-corrected chi connectivity index (χ2v) is 11.6. The topological polar surface area (TPSA) is 155 Å². The number of rotatable bonds is 6. The molecule has 0 aromatic heterocycles. The van der Waals surface area contributed by atoms with Crippen LogP contribution < -0.4 is 10.6 Å². The maximum Gasteiger partial charge on any atom is 0.235 e. The molecule has 9 heteroatoms. The number of Topliss-reactive ketones (excluding diaryl/α,β-unsaturated/α-hetero) is 4. The fraction of sp³-hybridized carbons (Fsp3) is 0.452. The fourth-order valence-corrected chi connectivity index (χ4v) is 6.87. The van der Waals surface area contributed by atoms with E-state index in [1.165, 1.54) is 0 Å². The number of aryl methyl sites for hydroxylation is 1. The molecule has 4 N–H and O–H groups in total. The molecule has 1 amide bonds. The molecule has 2 aromatic carbocycles. The number of fused-ring (bicyclic) bond motifs is 3. The van der Waals surface area contributed by atoms with E-state index in [0.29, 0.717) is 22.4 Å². The van der Waals surface area contributed by atoms with Gasteiger partial charge in [-0.05, 0) is 54.4 Å². The maximum atomic E-state index is 14.0. The lowest BCUT2D eigenvalue weighted by Crippen LogP contribution is -2.68. The van der Waals surface area contributed by atoms with Crippen LogP contribution in [0, 0.1) is 23.7 Å². The Hall–Kier alpha value is -3.85. The van der Waals surface area contributed by atoms with E-state index in [1.807, 2.05) is 49.3 Å². The Labute approximate surface area is 232 Å². The molecular formula is C31H34N2O7. The highest BCUT2D eigenvalue weighted by atomic mass is 16.3. The van der Waals surface area contributed by atoms with E-state index >= 15 is 0 Å². The number of carbonyl (C=O) groups is 5. The number of benzene rings is 2. The number of phenolic OH excluding ortho intramolecular Hbond substituents is 1. The molecule has 210 valence electrons. The van der Waals surface area contributed by atoms with Gasteiger partial charge in [0.05, 0.1) is 11.5 Å². The summed E-state index contributed by atoms with van der Waals surface area (Å²) in [5, 5.41) is 22.9. The maximum absolute atomic E-state index is 14.0. The van der Waals surface area contributed by atoms with Crippen LogP contribution in [0.1, 0.15) is 54.1 Å². The minimum atomic E-state index is -2.66. The number of primary amides is 1. The Kier molecular flexibility index (Phi) is 6.90. The average Bonchev–Trinajstić information content (AvgIpc) is 2.89. The second kappa shape index (κ2) is 9.96. The lowest BCUT2D eigenvalue weighted by Gasteiger charge is -2.48. The van der Waals surface area contributed by atoms with E-state index in [1.54, 1.807) is 0 Å². The van der Waals surface area contributed by atoms with Crippen LogP contribution in [0.25, 0.3) is 11.1 Å². The zero-order valence-electron chi connectivity index (χ0n) is 22.9. The second-order valence-electron chi connectivity index (χ2n) is 11.6. The van der Waals surface area contributed by atoms with Gasteiger partial charge in [0.15, 0.2) is 34.7 Å². The number of carbonyl (C=O) groups excluding carboxylic acids is 5. The Morgan fingerprint density at radius 1 is 1.07 bits per heavy atom. The normalized spacial score (nSPS) is 27.6. The number of nitrogens with two attached hydrogens (primary N) is 1. The number of unbranched alkanes of at least 4 members (excludes halogenated alkanes) is 1. The van der Waals surface area contributed by atoms with Gasteiger partial charge in [-0.2, -0.15) is 0 Å². The summed E-state index contributed by atoms with van der Waals surface area (Å²) >= 11 is 0. The molecule has 40 heavy (non-hydrogen) atoms. The molecule has 0 bridgehead atoms. The van der Waals surface area contributed by atoms with Gasteiger partial charge >= 0.3 is 0 Å². The van der Waals surface area contributed by atoms with E-state index in [4.69, 9.17) is 5.73 Å². The zero-order chi connectivity index (χ0) is 29.1. The number of nitrogens with zero attached hydrogens (tertiary/aromatic N) is 1. The number of hydrogen-bond donors (Lipinski definition) is 3. The van der Waals surface area contributed by atoms with Crippen LogP contribution in [0.3, 0.4) is 0 Å². The first-order valence-electron chi connectivity index (χ1n) is 13.7. The van der Waals surface area contributed by atoms with Crippen molar-refractivity contribution in [2.75, 3.05) is 19.0 Å². The molecule has 2 unspecified atom stereocenters. The fourth-order valence-electron chi connectivity index (χ4n) is 6.87. The van der Waals surface area contributed by atoms with Gasteiger partial charge in [0.2, 0.25) is 5.91 Å². The number of ketones is 4. The van der Waals surface area contributed by atoms with Crippen LogP contribution in [-0.4, -0.2) is 58.9 Å². The van der Waals surface area contributed by atoms with Gasteiger partial charge in [-0.15, -0.1) is 0 Å². The molecule has 2 saturated carbocycles. The number of hydrogen-bond acceptors (Lipinski definition) is 8. The first kappa shape index (κ1) is 27.7. The molecule has 3 aliphatic rings. The van der Waals surface area contributed by atoms with Crippen molar-refractivity contribution in [1.82, 2.24) is 0 Å². The van der Waals surface area contributed by atoms with E-state index in [0.717, 1.165) is 24.8 Å². The SMILES string of the molecule is CCCCc1ccc(-c2cc(N(C)C)c3c(c2O)C(=O)C2C(=O)[C@]4(O)C(=O)C(C(N)=O)C(=O)C[C@@H]4C[C@@H]2C3)cc1. The minimum Gasteiger partial charge on any atom is -0.507 e. The van der Waals surface area contributed by atoms with Crippen molar-refractivity contribution in [3.05, 3.63) is 47.0 Å². The zero-order valence-corrected chi connectivity index (χ0v) is 22.9. The van der Waals surface area contributed by atoms with Crippen molar-refractivity contribution in [1.29, 1.82) is 0 Å². The molecule has 0 aliphatic heterocycles. The Bertz CT molecular complexity index is 1440. The van der Waals surface area contributed by atoms with Crippen LogP contribution >= 0.6 is 0 Å². The molecule has 2 aromatic rings.